The molecule has 2 N–H and O–H groups in total. The number of aromatic amines is 1. The Kier molecular flexibility index (Phi) is 4.10. The molecule has 0 aliphatic rings. The number of imidazole rings is 1. The first-order chi connectivity index (χ1) is 8.65. The summed E-state index contributed by atoms with van der Waals surface area (Å²) in [5.74, 6) is 1.59. The Hall–Kier alpha value is -1.68. The maximum Gasteiger partial charge on any atom is 0.138 e. The highest BCUT2D eigenvalue weighted by Crippen LogP contribution is 2.28. The lowest BCUT2D eigenvalue weighted by Gasteiger charge is -2.12. The van der Waals surface area contributed by atoms with E-state index in [1.807, 2.05) is 32.0 Å². The number of halogens is 1. The molecule has 0 aliphatic heterocycles. The van der Waals surface area contributed by atoms with Crippen LogP contribution in [0.15, 0.2) is 30.6 Å². The Morgan fingerprint density at radius 3 is 2.89 bits per heavy atom. The third-order valence-electron chi connectivity index (χ3n) is 2.31. The van der Waals surface area contributed by atoms with E-state index in [9.17, 15) is 0 Å². The molecule has 0 saturated heterocycles. The summed E-state index contributed by atoms with van der Waals surface area (Å²) in [5.41, 5.74) is 0.938. The third-order valence-corrected chi connectivity index (χ3v) is 2.60. The predicted molar refractivity (Wildman–Crippen MR) is 73.1 cm³/mol. The summed E-state index contributed by atoms with van der Waals surface area (Å²) in [4.78, 5) is 7.16. The maximum atomic E-state index is 6.15. The predicted octanol–water partition coefficient (Wildman–Crippen LogP) is 3.46. The van der Waals surface area contributed by atoms with Gasteiger partial charge in [0.1, 0.15) is 11.6 Å². The fraction of sp³-hybridized carbons (Fsp3) is 0.308. The van der Waals surface area contributed by atoms with Gasteiger partial charge in [0.15, 0.2) is 0 Å². The van der Waals surface area contributed by atoms with Crippen molar-refractivity contribution in [1.82, 2.24) is 9.97 Å². The van der Waals surface area contributed by atoms with E-state index in [2.05, 4.69) is 15.3 Å². The number of hydrogen-bond donors (Lipinski definition) is 2. The largest absolute Gasteiger partial charge is 0.489 e. The lowest BCUT2D eigenvalue weighted by Crippen LogP contribution is -2.06. The van der Waals surface area contributed by atoms with Crippen molar-refractivity contribution in [2.24, 2.45) is 0 Å². The van der Waals surface area contributed by atoms with Crippen molar-refractivity contribution in [1.29, 1.82) is 0 Å². The molecule has 0 saturated carbocycles. The van der Waals surface area contributed by atoms with Crippen molar-refractivity contribution in [2.75, 3.05) is 5.32 Å². The van der Waals surface area contributed by atoms with Gasteiger partial charge in [-0.25, -0.2) is 4.98 Å². The van der Waals surface area contributed by atoms with E-state index >= 15 is 0 Å². The molecule has 1 aromatic heterocycles. The van der Waals surface area contributed by atoms with E-state index in [1.54, 1.807) is 12.4 Å². The van der Waals surface area contributed by atoms with Gasteiger partial charge in [-0.05, 0) is 32.0 Å². The second-order valence-corrected chi connectivity index (χ2v) is 4.61. The summed E-state index contributed by atoms with van der Waals surface area (Å²) in [5, 5.41) is 3.84. The number of nitrogens with one attached hydrogen (secondary N) is 2. The van der Waals surface area contributed by atoms with Crippen LogP contribution >= 0.6 is 11.6 Å². The zero-order valence-corrected chi connectivity index (χ0v) is 11.2. The Morgan fingerprint density at radius 2 is 2.28 bits per heavy atom. The first kappa shape index (κ1) is 12.8. The van der Waals surface area contributed by atoms with E-state index in [0.29, 0.717) is 17.3 Å². The summed E-state index contributed by atoms with van der Waals surface area (Å²) >= 11 is 6.15. The number of aromatic nitrogens is 2. The van der Waals surface area contributed by atoms with Gasteiger partial charge in [-0.1, -0.05) is 11.6 Å². The Balaban J connectivity index is 2.00. The molecule has 0 unspecified atom stereocenters. The van der Waals surface area contributed by atoms with Crippen LogP contribution in [0.3, 0.4) is 0 Å². The van der Waals surface area contributed by atoms with Gasteiger partial charge in [-0.2, -0.15) is 0 Å². The number of rotatable bonds is 5. The fourth-order valence-electron chi connectivity index (χ4n) is 1.54. The van der Waals surface area contributed by atoms with Crippen LogP contribution in [0.2, 0.25) is 5.02 Å². The van der Waals surface area contributed by atoms with Gasteiger partial charge < -0.3 is 15.0 Å². The van der Waals surface area contributed by atoms with Crippen LogP contribution in [0.4, 0.5) is 5.69 Å². The number of H-pyrrole nitrogens is 1. The second-order valence-electron chi connectivity index (χ2n) is 4.20. The Bertz CT molecular complexity index is 497. The molecular weight excluding hydrogens is 250 g/mol. The molecule has 0 spiro atoms. The SMILES string of the molecule is CC(C)Oc1ccc(NCc2ncc[nH]2)cc1Cl. The number of ether oxygens (including phenoxy) is 1. The fourth-order valence-corrected chi connectivity index (χ4v) is 1.77. The summed E-state index contributed by atoms with van der Waals surface area (Å²) in [6.45, 7) is 4.58. The Labute approximate surface area is 111 Å². The molecule has 4 nitrogen and oxygen atoms in total. The molecule has 0 aliphatic carbocycles. The van der Waals surface area contributed by atoms with Crippen molar-refractivity contribution in [2.45, 2.75) is 26.5 Å². The van der Waals surface area contributed by atoms with Crippen LogP contribution in [0.25, 0.3) is 0 Å². The van der Waals surface area contributed by atoms with Gasteiger partial charge in [0.05, 0.1) is 17.7 Å². The van der Waals surface area contributed by atoms with Gasteiger partial charge >= 0.3 is 0 Å². The molecule has 1 heterocycles. The molecule has 0 atom stereocenters. The molecule has 1 aromatic carbocycles. The molecule has 0 amide bonds. The van der Waals surface area contributed by atoms with E-state index in [4.69, 9.17) is 16.3 Å². The highest BCUT2D eigenvalue weighted by molar-refractivity contribution is 6.32. The average molecular weight is 266 g/mol. The van der Waals surface area contributed by atoms with Crippen molar-refractivity contribution in [3.63, 3.8) is 0 Å². The summed E-state index contributed by atoms with van der Waals surface area (Å²) in [7, 11) is 0. The van der Waals surface area contributed by atoms with Crippen molar-refractivity contribution in [3.05, 3.63) is 41.4 Å². The molecule has 5 heteroatoms. The van der Waals surface area contributed by atoms with Crippen LogP contribution < -0.4 is 10.1 Å². The number of hydrogen-bond acceptors (Lipinski definition) is 3. The molecule has 18 heavy (non-hydrogen) atoms. The standard InChI is InChI=1S/C13H16ClN3O/c1-9(2)18-12-4-3-10(7-11(12)14)17-8-13-15-5-6-16-13/h3-7,9,17H,8H2,1-2H3,(H,15,16). The zero-order valence-electron chi connectivity index (χ0n) is 10.4. The molecular formula is C13H16ClN3O. The number of anilines is 1. The lowest BCUT2D eigenvalue weighted by atomic mass is 10.3. The summed E-state index contributed by atoms with van der Waals surface area (Å²) in [6, 6.07) is 5.65. The van der Waals surface area contributed by atoms with Crippen LogP contribution in [-0.4, -0.2) is 16.1 Å². The molecule has 0 fully saturated rings. The number of nitrogens with zero attached hydrogens (tertiary/aromatic N) is 1. The quantitative estimate of drug-likeness (QED) is 0.870. The average Bonchev–Trinajstić information content (AvgIpc) is 2.82. The van der Waals surface area contributed by atoms with Crippen molar-refractivity contribution >= 4 is 17.3 Å². The molecule has 0 bridgehead atoms. The highest BCUT2D eigenvalue weighted by Gasteiger charge is 2.05. The van der Waals surface area contributed by atoms with E-state index in [1.165, 1.54) is 0 Å². The third kappa shape index (κ3) is 3.40. The second kappa shape index (κ2) is 5.78. The van der Waals surface area contributed by atoms with Crippen molar-refractivity contribution < 1.29 is 4.74 Å². The van der Waals surface area contributed by atoms with Crippen LogP contribution in [0.5, 0.6) is 5.75 Å². The lowest BCUT2D eigenvalue weighted by molar-refractivity contribution is 0.242. The van der Waals surface area contributed by atoms with Gasteiger partial charge in [0, 0.05) is 18.1 Å². The van der Waals surface area contributed by atoms with E-state index in [-0.39, 0.29) is 6.10 Å². The number of benzene rings is 1. The Morgan fingerprint density at radius 1 is 1.44 bits per heavy atom. The molecule has 2 rings (SSSR count). The minimum Gasteiger partial charge on any atom is -0.489 e. The minimum atomic E-state index is 0.115. The molecule has 0 radical (unpaired) electrons. The highest BCUT2D eigenvalue weighted by atomic mass is 35.5. The van der Waals surface area contributed by atoms with Crippen LogP contribution in [0, 0.1) is 0 Å². The molecule has 96 valence electrons. The zero-order chi connectivity index (χ0) is 13.0. The van der Waals surface area contributed by atoms with Gasteiger partial charge in [-0.3, -0.25) is 0 Å². The minimum absolute atomic E-state index is 0.115. The monoisotopic (exact) mass is 265 g/mol. The summed E-state index contributed by atoms with van der Waals surface area (Å²) < 4.78 is 5.57. The molecule has 2 aromatic rings. The smallest absolute Gasteiger partial charge is 0.138 e. The van der Waals surface area contributed by atoms with Gasteiger partial charge in [0.25, 0.3) is 0 Å². The van der Waals surface area contributed by atoms with Gasteiger partial charge in [0.2, 0.25) is 0 Å². The van der Waals surface area contributed by atoms with E-state index in [0.717, 1.165) is 11.5 Å². The van der Waals surface area contributed by atoms with E-state index < -0.39 is 0 Å². The first-order valence-electron chi connectivity index (χ1n) is 5.83. The van der Waals surface area contributed by atoms with Crippen LogP contribution in [-0.2, 0) is 6.54 Å². The van der Waals surface area contributed by atoms with Crippen LogP contribution in [0.1, 0.15) is 19.7 Å². The van der Waals surface area contributed by atoms with Crippen molar-refractivity contribution in [3.8, 4) is 5.75 Å². The maximum absolute atomic E-state index is 6.15. The van der Waals surface area contributed by atoms with Gasteiger partial charge in [-0.15, -0.1) is 0 Å². The topological polar surface area (TPSA) is 49.9 Å². The normalized spacial score (nSPS) is 10.7. The first-order valence-corrected chi connectivity index (χ1v) is 6.21. The summed E-state index contributed by atoms with van der Waals surface area (Å²) in [6.07, 6.45) is 3.64.